The number of alkyl halides is 3. The minimum Gasteiger partial charge on any atom is -1.00 e. The van der Waals surface area contributed by atoms with Crippen LogP contribution in [0.25, 0.3) is 0 Å². The second kappa shape index (κ2) is 9.31. The van der Waals surface area contributed by atoms with Gasteiger partial charge in [-0.3, -0.25) is 0 Å². The van der Waals surface area contributed by atoms with Crippen molar-refractivity contribution in [3.05, 3.63) is 30.3 Å². The molecule has 0 radical (unpaired) electrons. The Morgan fingerprint density at radius 1 is 1.11 bits per heavy atom. The Balaban J connectivity index is -0.000000429. The first-order chi connectivity index (χ1) is 8.06. The van der Waals surface area contributed by atoms with Crippen molar-refractivity contribution in [2.75, 3.05) is 0 Å². The molecule has 0 saturated carbocycles. The average Bonchev–Trinajstić information content (AvgIpc) is 2.15. The SMILES string of the molecule is O=S(=O)(Oc1ccccc1)C(F)(F)F.OB(O)O.[H-].[K+]. The molecule has 104 valence electrons. The predicted molar refractivity (Wildman–Crippen MR) is 55.6 cm³/mol. The molecule has 1 aromatic rings. The largest absolute Gasteiger partial charge is 1.00 e. The van der Waals surface area contributed by atoms with Gasteiger partial charge in [0.15, 0.2) is 0 Å². The first-order valence-electron chi connectivity index (χ1n) is 4.16. The summed E-state index contributed by atoms with van der Waals surface area (Å²) < 4.78 is 60.2. The van der Waals surface area contributed by atoms with Gasteiger partial charge in [-0.15, -0.1) is 0 Å². The minimum absolute atomic E-state index is 0. The maximum Gasteiger partial charge on any atom is 1.00 e. The van der Waals surface area contributed by atoms with Crippen molar-refractivity contribution in [2.24, 2.45) is 0 Å². The Kier molecular flexibility index (Phi) is 10.6. The molecule has 0 heterocycles. The number of hydrogen-bond acceptors (Lipinski definition) is 6. The van der Waals surface area contributed by atoms with Crippen LogP contribution in [-0.4, -0.2) is 36.3 Å². The zero-order valence-corrected chi connectivity index (χ0v) is 13.5. The molecule has 0 aliphatic carbocycles. The number of benzene rings is 1. The molecule has 0 bridgehead atoms. The van der Waals surface area contributed by atoms with Gasteiger partial charge in [0.25, 0.3) is 0 Å². The van der Waals surface area contributed by atoms with Crippen LogP contribution in [-0.2, 0) is 10.1 Å². The molecule has 0 aliphatic heterocycles. The number of para-hydroxylation sites is 1. The van der Waals surface area contributed by atoms with E-state index in [0.29, 0.717) is 0 Å². The van der Waals surface area contributed by atoms with E-state index in [-0.39, 0.29) is 58.6 Å². The molecule has 12 heteroatoms. The molecule has 0 fully saturated rings. The zero-order chi connectivity index (χ0) is 14.4. The Hall–Kier alpha value is 0.341. The van der Waals surface area contributed by atoms with Crippen LogP contribution in [0, 0.1) is 0 Å². The van der Waals surface area contributed by atoms with Gasteiger partial charge in [-0.2, -0.15) is 21.6 Å². The summed E-state index contributed by atoms with van der Waals surface area (Å²) in [5.74, 6) is -0.371. The molecule has 0 spiro atoms. The summed E-state index contributed by atoms with van der Waals surface area (Å²) in [6.45, 7) is 0. The minimum atomic E-state index is -5.55. The normalized spacial score (nSPS) is 10.6. The van der Waals surface area contributed by atoms with Crippen LogP contribution < -0.4 is 55.6 Å². The topological polar surface area (TPSA) is 104 Å². The van der Waals surface area contributed by atoms with Crippen LogP contribution in [0.4, 0.5) is 13.2 Å². The molecule has 6 nitrogen and oxygen atoms in total. The molecular formula is C7H9BF3KO6S. The van der Waals surface area contributed by atoms with E-state index in [4.69, 9.17) is 15.1 Å². The molecular weight excluding hydrogens is 319 g/mol. The summed E-state index contributed by atoms with van der Waals surface area (Å²) in [6.07, 6.45) is 0. The molecule has 0 unspecified atom stereocenters. The summed E-state index contributed by atoms with van der Waals surface area (Å²) in [7, 11) is -7.72. The quantitative estimate of drug-likeness (QED) is 0.303. The summed E-state index contributed by atoms with van der Waals surface area (Å²) >= 11 is 0. The molecule has 19 heavy (non-hydrogen) atoms. The van der Waals surface area contributed by atoms with E-state index in [1.807, 2.05) is 0 Å². The summed E-state index contributed by atoms with van der Waals surface area (Å²) in [5.41, 5.74) is -5.40. The number of rotatable bonds is 2. The van der Waals surface area contributed by atoms with Crippen LogP contribution >= 0.6 is 0 Å². The van der Waals surface area contributed by atoms with Gasteiger partial charge in [0, 0.05) is 0 Å². The third-order valence-corrected chi connectivity index (χ3v) is 2.21. The van der Waals surface area contributed by atoms with Gasteiger partial charge >= 0.3 is 74.3 Å². The van der Waals surface area contributed by atoms with Crippen LogP contribution in [0.15, 0.2) is 30.3 Å². The monoisotopic (exact) mass is 328 g/mol. The second-order valence-electron chi connectivity index (χ2n) is 2.64. The maximum atomic E-state index is 11.8. The van der Waals surface area contributed by atoms with E-state index in [1.165, 1.54) is 18.2 Å². The average molecular weight is 328 g/mol. The van der Waals surface area contributed by atoms with Crippen molar-refractivity contribution in [3.63, 3.8) is 0 Å². The predicted octanol–water partition coefficient (Wildman–Crippen LogP) is -3.02. The van der Waals surface area contributed by atoms with Crippen molar-refractivity contribution in [3.8, 4) is 5.75 Å². The second-order valence-corrected chi connectivity index (χ2v) is 4.18. The van der Waals surface area contributed by atoms with Crippen LogP contribution in [0.3, 0.4) is 0 Å². The molecule has 0 atom stereocenters. The standard InChI is InChI=1S/C7H5F3O3S.BH3O3.K.H/c8-7(9,10)14(11,12)13-6-4-2-1-3-5-6;2-1(3)4;;/h1-5H;2-4H;;/q;;+1;-1. The molecule has 1 rings (SSSR count). The third kappa shape index (κ3) is 9.81. The summed E-state index contributed by atoms with van der Waals surface area (Å²) in [5, 5.41) is 21.5. The first kappa shape index (κ1) is 21.6. The fourth-order valence-corrected chi connectivity index (χ4v) is 1.11. The number of hydrogen-bond donors (Lipinski definition) is 3. The van der Waals surface area contributed by atoms with Crippen molar-refractivity contribution < 1.29 is 93.7 Å². The molecule has 0 amide bonds. The van der Waals surface area contributed by atoms with Gasteiger partial charge in [-0.25, -0.2) is 0 Å². The maximum absolute atomic E-state index is 11.8. The van der Waals surface area contributed by atoms with E-state index >= 15 is 0 Å². The summed E-state index contributed by atoms with van der Waals surface area (Å²) in [4.78, 5) is 0. The van der Waals surface area contributed by atoms with Gasteiger partial charge < -0.3 is 20.7 Å². The molecule has 3 N–H and O–H groups in total. The van der Waals surface area contributed by atoms with Crippen molar-refractivity contribution >= 4 is 17.4 Å². The molecule has 0 saturated heterocycles. The van der Waals surface area contributed by atoms with Crippen LogP contribution in [0.2, 0.25) is 0 Å². The van der Waals surface area contributed by atoms with E-state index < -0.39 is 22.9 Å². The Bertz CT molecular complexity index is 455. The Labute approximate surface area is 151 Å². The molecule has 0 aliphatic rings. The fraction of sp³-hybridized carbons (Fsp3) is 0.143. The fourth-order valence-electron chi connectivity index (χ4n) is 0.650. The zero-order valence-electron chi connectivity index (χ0n) is 10.6. The Morgan fingerprint density at radius 2 is 1.47 bits per heavy atom. The van der Waals surface area contributed by atoms with Crippen molar-refractivity contribution in [1.82, 2.24) is 0 Å². The first-order valence-corrected chi connectivity index (χ1v) is 5.57. The van der Waals surface area contributed by atoms with Crippen LogP contribution in [0.1, 0.15) is 1.43 Å². The Morgan fingerprint density at radius 3 is 1.79 bits per heavy atom. The van der Waals surface area contributed by atoms with E-state index in [0.717, 1.165) is 12.1 Å². The van der Waals surface area contributed by atoms with Gasteiger partial charge in [0.05, 0.1) is 0 Å². The van der Waals surface area contributed by atoms with E-state index in [9.17, 15) is 21.6 Å². The molecule has 0 aromatic heterocycles. The summed E-state index contributed by atoms with van der Waals surface area (Å²) in [6, 6.07) is 6.47. The van der Waals surface area contributed by atoms with Gasteiger partial charge in [0.2, 0.25) is 0 Å². The van der Waals surface area contributed by atoms with Gasteiger partial charge in [-0.1, -0.05) is 18.2 Å². The third-order valence-electron chi connectivity index (χ3n) is 1.23. The van der Waals surface area contributed by atoms with Crippen LogP contribution in [0.5, 0.6) is 5.75 Å². The van der Waals surface area contributed by atoms with E-state index in [2.05, 4.69) is 4.18 Å². The van der Waals surface area contributed by atoms with Crippen molar-refractivity contribution in [2.45, 2.75) is 5.51 Å². The van der Waals surface area contributed by atoms with Gasteiger partial charge in [0.1, 0.15) is 5.75 Å². The number of halogens is 3. The van der Waals surface area contributed by atoms with Gasteiger partial charge in [-0.05, 0) is 12.1 Å². The van der Waals surface area contributed by atoms with E-state index in [1.54, 1.807) is 0 Å². The van der Waals surface area contributed by atoms with Crippen molar-refractivity contribution in [1.29, 1.82) is 0 Å². The molecule has 1 aromatic carbocycles. The smallest absolute Gasteiger partial charge is 1.00 e.